The van der Waals surface area contributed by atoms with Gasteiger partial charge in [0.2, 0.25) is 5.89 Å². The van der Waals surface area contributed by atoms with E-state index < -0.39 is 0 Å². The summed E-state index contributed by atoms with van der Waals surface area (Å²) in [5, 5.41) is 8.07. The summed E-state index contributed by atoms with van der Waals surface area (Å²) in [5.74, 6) is 3.74. The fourth-order valence-electron chi connectivity index (χ4n) is 3.63. The van der Waals surface area contributed by atoms with E-state index in [1.807, 2.05) is 11.0 Å². The third-order valence-electron chi connectivity index (χ3n) is 5.42. The van der Waals surface area contributed by atoms with Crippen LogP contribution in [-0.2, 0) is 6.42 Å². The summed E-state index contributed by atoms with van der Waals surface area (Å²) in [7, 11) is 0. The van der Waals surface area contributed by atoms with Crippen LogP contribution in [0.4, 0.5) is 0 Å². The minimum absolute atomic E-state index is 0.0236. The highest BCUT2D eigenvalue weighted by Gasteiger charge is 2.32. The molecule has 0 aromatic carbocycles. The second kappa shape index (κ2) is 5.97. The molecule has 25 heavy (non-hydrogen) atoms. The molecule has 2 aromatic heterocycles. The second-order valence-corrected chi connectivity index (χ2v) is 7.67. The molecule has 0 radical (unpaired) electrons. The van der Waals surface area contributed by atoms with Gasteiger partial charge in [0.25, 0.3) is 5.91 Å². The fourth-order valence-corrected chi connectivity index (χ4v) is 3.63. The lowest BCUT2D eigenvalue weighted by molar-refractivity contribution is 0.0657. The first-order valence-electron chi connectivity index (χ1n) is 9.34. The van der Waals surface area contributed by atoms with Gasteiger partial charge in [0.05, 0.1) is 0 Å². The van der Waals surface area contributed by atoms with Crippen molar-refractivity contribution in [3.8, 4) is 0 Å². The van der Waals surface area contributed by atoms with E-state index in [0.29, 0.717) is 35.9 Å². The Hall–Kier alpha value is -2.18. The molecule has 132 valence electrons. The molecule has 2 aliphatic carbocycles. The van der Waals surface area contributed by atoms with E-state index in [1.165, 1.54) is 12.8 Å². The summed E-state index contributed by atoms with van der Waals surface area (Å²) >= 11 is 0. The van der Waals surface area contributed by atoms with Gasteiger partial charge in [-0.15, -0.1) is 0 Å². The standard InChI is InChI=1S/C18H22N4O3/c23-18(14-9-15(24-20-14)12-3-4-12)22-7-1-2-11(10-22)8-16-19-17(21-25-16)13-5-6-13/h9,11-13H,1-8,10H2/t11-/m1/s1. The smallest absolute Gasteiger partial charge is 0.276 e. The summed E-state index contributed by atoms with van der Waals surface area (Å²) in [4.78, 5) is 19.1. The number of hydrogen-bond acceptors (Lipinski definition) is 6. The molecule has 7 nitrogen and oxygen atoms in total. The molecule has 5 rings (SSSR count). The maximum Gasteiger partial charge on any atom is 0.276 e. The average Bonchev–Trinajstić information content (AvgIpc) is 3.57. The predicted octanol–water partition coefficient (Wildman–Crippen LogP) is 2.91. The first-order valence-corrected chi connectivity index (χ1v) is 9.34. The Kier molecular flexibility index (Phi) is 3.60. The molecule has 1 saturated heterocycles. The molecular weight excluding hydrogens is 320 g/mol. The molecule has 2 saturated carbocycles. The zero-order valence-corrected chi connectivity index (χ0v) is 14.2. The van der Waals surface area contributed by atoms with Gasteiger partial charge in [-0.25, -0.2) is 0 Å². The van der Waals surface area contributed by atoms with Crippen LogP contribution in [0.3, 0.4) is 0 Å². The zero-order chi connectivity index (χ0) is 16.8. The Labute approximate surface area is 145 Å². The number of aromatic nitrogens is 3. The van der Waals surface area contributed by atoms with E-state index >= 15 is 0 Å². The molecule has 0 N–H and O–H groups in total. The quantitative estimate of drug-likeness (QED) is 0.830. The van der Waals surface area contributed by atoms with Gasteiger partial charge >= 0.3 is 0 Å². The lowest BCUT2D eigenvalue weighted by Gasteiger charge is -2.31. The molecule has 1 amide bonds. The maximum absolute atomic E-state index is 12.7. The van der Waals surface area contributed by atoms with Crippen molar-refractivity contribution in [2.45, 2.75) is 56.8 Å². The van der Waals surface area contributed by atoms with Gasteiger partial charge in [0, 0.05) is 37.4 Å². The number of hydrogen-bond donors (Lipinski definition) is 0. The largest absolute Gasteiger partial charge is 0.360 e. The molecule has 3 fully saturated rings. The van der Waals surface area contributed by atoms with Crippen molar-refractivity contribution in [2.24, 2.45) is 5.92 Å². The Bertz CT molecular complexity index is 775. The van der Waals surface area contributed by atoms with Crippen LogP contribution >= 0.6 is 0 Å². The second-order valence-electron chi connectivity index (χ2n) is 7.67. The molecular formula is C18H22N4O3. The Morgan fingerprint density at radius 1 is 1.12 bits per heavy atom. The number of nitrogens with zero attached hydrogens (tertiary/aromatic N) is 4. The van der Waals surface area contributed by atoms with Crippen LogP contribution in [0.15, 0.2) is 15.1 Å². The van der Waals surface area contributed by atoms with Crippen LogP contribution in [0.25, 0.3) is 0 Å². The highest BCUT2D eigenvalue weighted by molar-refractivity contribution is 5.92. The number of amides is 1. The molecule has 3 heterocycles. The van der Waals surface area contributed by atoms with E-state index in [-0.39, 0.29) is 5.91 Å². The fraction of sp³-hybridized carbons (Fsp3) is 0.667. The van der Waals surface area contributed by atoms with Crippen molar-refractivity contribution >= 4 is 5.91 Å². The van der Waals surface area contributed by atoms with Crippen molar-refractivity contribution in [3.63, 3.8) is 0 Å². The third-order valence-corrected chi connectivity index (χ3v) is 5.42. The lowest BCUT2D eigenvalue weighted by atomic mass is 9.94. The third kappa shape index (κ3) is 3.19. The van der Waals surface area contributed by atoms with Gasteiger partial charge in [0.1, 0.15) is 5.76 Å². The van der Waals surface area contributed by atoms with Crippen molar-refractivity contribution in [2.75, 3.05) is 13.1 Å². The highest BCUT2D eigenvalue weighted by atomic mass is 16.5. The van der Waals surface area contributed by atoms with E-state index in [0.717, 1.165) is 50.2 Å². The molecule has 0 bridgehead atoms. The van der Waals surface area contributed by atoms with Gasteiger partial charge in [0.15, 0.2) is 11.5 Å². The van der Waals surface area contributed by atoms with Crippen LogP contribution in [0.2, 0.25) is 0 Å². The minimum Gasteiger partial charge on any atom is -0.360 e. The highest BCUT2D eigenvalue weighted by Crippen LogP contribution is 2.40. The topological polar surface area (TPSA) is 85.3 Å². The molecule has 0 spiro atoms. The van der Waals surface area contributed by atoms with Crippen LogP contribution in [0.5, 0.6) is 0 Å². The number of carbonyl (C=O) groups excluding carboxylic acids is 1. The van der Waals surface area contributed by atoms with Crippen LogP contribution in [0.1, 0.15) is 78.3 Å². The average molecular weight is 342 g/mol. The van der Waals surface area contributed by atoms with E-state index in [2.05, 4.69) is 15.3 Å². The Morgan fingerprint density at radius 2 is 1.96 bits per heavy atom. The summed E-state index contributed by atoms with van der Waals surface area (Å²) in [6, 6.07) is 1.82. The van der Waals surface area contributed by atoms with Crippen LogP contribution in [0, 0.1) is 5.92 Å². The lowest BCUT2D eigenvalue weighted by Crippen LogP contribution is -2.40. The van der Waals surface area contributed by atoms with Gasteiger partial charge in [-0.2, -0.15) is 4.98 Å². The van der Waals surface area contributed by atoms with Crippen molar-refractivity contribution in [1.82, 2.24) is 20.2 Å². The Balaban J connectivity index is 1.22. The summed E-state index contributed by atoms with van der Waals surface area (Å²) in [5.41, 5.74) is 0.441. The van der Waals surface area contributed by atoms with Gasteiger partial charge in [-0.3, -0.25) is 4.79 Å². The SMILES string of the molecule is O=C(c1cc(C2CC2)on1)N1CCC[C@H](Cc2nc(C3CC3)no2)C1. The number of piperidine rings is 1. The first kappa shape index (κ1) is 15.1. The normalized spacial score (nSPS) is 23.8. The van der Waals surface area contributed by atoms with Gasteiger partial charge < -0.3 is 13.9 Å². The molecule has 2 aromatic rings. The van der Waals surface area contributed by atoms with E-state index in [9.17, 15) is 4.79 Å². The summed E-state index contributed by atoms with van der Waals surface area (Å²) in [6.07, 6.45) is 7.44. The molecule has 3 aliphatic rings. The Morgan fingerprint density at radius 3 is 2.76 bits per heavy atom. The van der Waals surface area contributed by atoms with Crippen LogP contribution < -0.4 is 0 Å². The molecule has 7 heteroatoms. The van der Waals surface area contributed by atoms with Gasteiger partial charge in [-0.05, 0) is 44.4 Å². The number of likely N-dealkylation sites (tertiary alicyclic amines) is 1. The number of rotatable bonds is 5. The van der Waals surface area contributed by atoms with Crippen molar-refractivity contribution < 1.29 is 13.8 Å². The van der Waals surface area contributed by atoms with Crippen LogP contribution in [-0.4, -0.2) is 39.2 Å². The zero-order valence-electron chi connectivity index (χ0n) is 14.2. The van der Waals surface area contributed by atoms with Crippen molar-refractivity contribution in [1.29, 1.82) is 0 Å². The first-order chi connectivity index (χ1) is 12.3. The minimum atomic E-state index is -0.0236. The van der Waals surface area contributed by atoms with Crippen molar-refractivity contribution in [3.05, 3.63) is 29.2 Å². The monoisotopic (exact) mass is 342 g/mol. The van der Waals surface area contributed by atoms with E-state index in [1.54, 1.807) is 0 Å². The summed E-state index contributed by atoms with van der Waals surface area (Å²) < 4.78 is 10.7. The molecule has 1 aliphatic heterocycles. The van der Waals surface area contributed by atoms with E-state index in [4.69, 9.17) is 9.05 Å². The molecule has 1 atom stereocenters. The van der Waals surface area contributed by atoms with Gasteiger partial charge in [-0.1, -0.05) is 10.3 Å². The maximum atomic E-state index is 12.7. The summed E-state index contributed by atoms with van der Waals surface area (Å²) in [6.45, 7) is 1.49. The number of carbonyl (C=O) groups is 1. The molecule has 0 unspecified atom stereocenters. The predicted molar refractivity (Wildman–Crippen MR) is 87.1 cm³/mol.